The van der Waals surface area contributed by atoms with E-state index in [1.54, 1.807) is 12.3 Å². The van der Waals surface area contributed by atoms with E-state index in [1.807, 2.05) is 13.1 Å². The maximum Gasteiger partial charge on any atom is 0.239 e. The normalized spacial score (nSPS) is 19.1. The molecule has 1 amide bonds. The van der Waals surface area contributed by atoms with Crippen LogP contribution in [0.4, 0.5) is 5.82 Å². The van der Waals surface area contributed by atoms with E-state index in [1.165, 1.54) is 12.8 Å². The molecule has 1 aliphatic heterocycles. The number of piperidine rings is 1. The summed E-state index contributed by atoms with van der Waals surface area (Å²) in [4.78, 5) is 18.1. The number of halogens is 1. The molecule has 110 valence electrons. The number of pyridine rings is 1. The number of hydrogen-bond acceptors (Lipinski definition) is 4. The van der Waals surface area contributed by atoms with Gasteiger partial charge in [0.25, 0.3) is 0 Å². The van der Waals surface area contributed by atoms with Gasteiger partial charge in [-0.25, -0.2) is 4.98 Å². The fourth-order valence-corrected chi connectivity index (χ4v) is 2.70. The van der Waals surface area contributed by atoms with E-state index in [9.17, 15) is 4.79 Å². The molecule has 0 aliphatic carbocycles. The predicted octanol–water partition coefficient (Wildman–Crippen LogP) is 1.71. The number of nitrogens with zero attached hydrogens (tertiary/aromatic N) is 2. The lowest BCUT2D eigenvalue weighted by Crippen LogP contribution is -2.39. The maximum atomic E-state index is 11.9. The second-order valence-electron chi connectivity index (χ2n) is 5.32. The Kier molecular flexibility index (Phi) is 5.94. The SMILES string of the molecule is CN(CC(=O)Nc1ccc(Br)cn1)CC1CCCNC1. The molecule has 0 radical (unpaired) electrons. The minimum atomic E-state index is -0.0221. The van der Waals surface area contributed by atoms with Gasteiger partial charge < -0.3 is 10.6 Å². The topological polar surface area (TPSA) is 57.3 Å². The number of rotatable bonds is 5. The molecule has 0 aromatic carbocycles. The van der Waals surface area contributed by atoms with E-state index >= 15 is 0 Å². The summed E-state index contributed by atoms with van der Waals surface area (Å²) in [7, 11) is 1.99. The Morgan fingerprint density at radius 2 is 2.45 bits per heavy atom. The summed E-state index contributed by atoms with van der Waals surface area (Å²) < 4.78 is 0.900. The third-order valence-corrected chi connectivity index (χ3v) is 3.85. The zero-order valence-electron chi connectivity index (χ0n) is 11.7. The number of carbonyl (C=O) groups excluding carboxylic acids is 1. The van der Waals surface area contributed by atoms with Crippen LogP contribution in [0.15, 0.2) is 22.8 Å². The number of aromatic nitrogens is 1. The zero-order chi connectivity index (χ0) is 14.4. The molecule has 1 aromatic heterocycles. The van der Waals surface area contributed by atoms with Gasteiger partial charge in [0.2, 0.25) is 5.91 Å². The molecule has 0 bridgehead atoms. The number of carbonyl (C=O) groups is 1. The summed E-state index contributed by atoms with van der Waals surface area (Å²) in [6.45, 7) is 3.53. The Morgan fingerprint density at radius 1 is 1.60 bits per heavy atom. The summed E-state index contributed by atoms with van der Waals surface area (Å²) in [6, 6.07) is 3.65. The van der Waals surface area contributed by atoms with Gasteiger partial charge in [0, 0.05) is 17.2 Å². The number of hydrogen-bond donors (Lipinski definition) is 2. The third-order valence-electron chi connectivity index (χ3n) is 3.38. The highest BCUT2D eigenvalue weighted by atomic mass is 79.9. The first kappa shape index (κ1) is 15.4. The highest BCUT2D eigenvalue weighted by Crippen LogP contribution is 2.12. The van der Waals surface area contributed by atoms with Crippen molar-refractivity contribution in [2.75, 3.05) is 38.5 Å². The van der Waals surface area contributed by atoms with Crippen LogP contribution in [0.3, 0.4) is 0 Å². The molecule has 1 unspecified atom stereocenters. The first-order chi connectivity index (χ1) is 9.63. The Hall–Kier alpha value is -0.980. The fourth-order valence-electron chi connectivity index (χ4n) is 2.46. The summed E-state index contributed by atoms with van der Waals surface area (Å²) in [6.07, 6.45) is 4.15. The molecule has 5 nitrogen and oxygen atoms in total. The van der Waals surface area contributed by atoms with Crippen molar-refractivity contribution in [3.63, 3.8) is 0 Å². The lowest BCUT2D eigenvalue weighted by atomic mass is 9.99. The van der Waals surface area contributed by atoms with Crippen molar-refractivity contribution in [3.05, 3.63) is 22.8 Å². The Morgan fingerprint density at radius 3 is 3.10 bits per heavy atom. The van der Waals surface area contributed by atoms with Crippen molar-refractivity contribution in [2.45, 2.75) is 12.8 Å². The van der Waals surface area contributed by atoms with Gasteiger partial charge in [0.05, 0.1) is 6.54 Å². The van der Waals surface area contributed by atoms with E-state index in [4.69, 9.17) is 0 Å². The van der Waals surface area contributed by atoms with Gasteiger partial charge in [-0.3, -0.25) is 9.69 Å². The summed E-state index contributed by atoms with van der Waals surface area (Å²) in [5.41, 5.74) is 0. The van der Waals surface area contributed by atoms with Crippen LogP contribution in [0.2, 0.25) is 0 Å². The van der Waals surface area contributed by atoms with Gasteiger partial charge >= 0.3 is 0 Å². The van der Waals surface area contributed by atoms with Crippen molar-refractivity contribution in [2.24, 2.45) is 5.92 Å². The van der Waals surface area contributed by atoms with Gasteiger partial charge in [0.1, 0.15) is 5.82 Å². The van der Waals surface area contributed by atoms with Gasteiger partial charge in [0.15, 0.2) is 0 Å². The van der Waals surface area contributed by atoms with Crippen LogP contribution in [0.5, 0.6) is 0 Å². The van der Waals surface area contributed by atoms with E-state index in [0.29, 0.717) is 18.3 Å². The van der Waals surface area contributed by atoms with Crippen LogP contribution in [0.1, 0.15) is 12.8 Å². The van der Waals surface area contributed by atoms with E-state index < -0.39 is 0 Å². The Labute approximate surface area is 128 Å². The van der Waals surface area contributed by atoms with Gasteiger partial charge in [-0.15, -0.1) is 0 Å². The molecule has 1 aliphatic rings. The molecule has 20 heavy (non-hydrogen) atoms. The Balaban J connectivity index is 1.74. The molecule has 1 aromatic rings. The quantitative estimate of drug-likeness (QED) is 0.856. The van der Waals surface area contributed by atoms with Gasteiger partial charge in [-0.2, -0.15) is 0 Å². The molecule has 1 atom stereocenters. The van der Waals surface area contributed by atoms with Gasteiger partial charge in [-0.05, 0) is 67.0 Å². The largest absolute Gasteiger partial charge is 0.316 e. The molecular weight excluding hydrogens is 320 g/mol. The molecule has 1 fully saturated rings. The average molecular weight is 341 g/mol. The van der Waals surface area contributed by atoms with Crippen LogP contribution >= 0.6 is 15.9 Å². The number of nitrogens with one attached hydrogen (secondary N) is 2. The second-order valence-corrected chi connectivity index (χ2v) is 6.23. The highest BCUT2D eigenvalue weighted by molar-refractivity contribution is 9.10. The summed E-state index contributed by atoms with van der Waals surface area (Å²) in [5, 5.41) is 6.21. The van der Waals surface area contributed by atoms with E-state index in [-0.39, 0.29) is 5.91 Å². The van der Waals surface area contributed by atoms with Crippen molar-refractivity contribution < 1.29 is 4.79 Å². The predicted molar refractivity (Wildman–Crippen MR) is 83.7 cm³/mol. The third kappa shape index (κ3) is 5.19. The first-order valence-electron chi connectivity index (χ1n) is 6.94. The smallest absolute Gasteiger partial charge is 0.239 e. The molecule has 2 rings (SSSR count). The number of likely N-dealkylation sites (N-methyl/N-ethyl adjacent to an activating group) is 1. The van der Waals surface area contributed by atoms with Crippen LogP contribution in [0.25, 0.3) is 0 Å². The second kappa shape index (κ2) is 7.71. The molecule has 0 saturated carbocycles. The molecule has 2 N–H and O–H groups in total. The fraction of sp³-hybridized carbons (Fsp3) is 0.571. The summed E-state index contributed by atoms with van der Waals surface area (Å²) >= 11 is 3.32. The van der Waals surface area contributed by atoms with Crippen LogP contribution in [-0.4, -0.2) is 49.0 Å². The van der Waals surface area contributed by atoms with Crippen molar-refractivity contribution >= 4 is 27.7 Å². The average Bonchev–Trinajstić information content (AvgIpc) is 2.42. The molecule has 1 saturated heterocycles. The molecule has 2 heterocycles. The Bertz CT molecular complexity index is 431. The standard InChI is InChI=1S/C14H21BrN4O/c1-19(9-11-3-2-6-16-7-11)10-14(20)18-13-5-4-12(15)8-17-13/h4-5,8,11,16H,2-3,6-7,9-10H2,1H3,(H,17,18,20). The van der Waals surface area contributed by atoms with Crippen LogP contribution in [0, 0.1) is 5.92 Å². The van der Waals surface area contributed by atoms with Crippen molar-refractivity contribution in [3.8, 4) is 0 Å². The van der Waals surface area contributed by atoms with E-state index in [2.05, 4.69) is 36.4 Å². The minimum Gasteiger partial charge on any atom is -0.316 e. The van der Waals surface area contributed by atoms with E-state index in [0.717, 1.165) is 24.1 Å². The zero-order valence-corrected chi connectivity index (χ0v) is 13.3. The molecular formula is C14H21BrN4O. The molecule has 0 spiro atoms. The lowest BCUT2D eigenvalue weighted by molar-refractivity contribution is -0.117. The maximum absolute atomic E-state index is 11.9. The van der Waals surface area contributed by atoms with Crippen LogP contribution in [-0.2, 0) is 4.79 Å². The number of anilines is 1. The lowest BCUT2D eigenvalue weighted by Gasteiger charge is -2.27. The monoisotopic (exact) mass is 340 g/mol. The minimum absolute atomic E-state index is 0.0221. The number of amides is 1. The first-order valence-corrected chi connectivity index (χ1v) is 7.73. The van der Waals surface area contributed by atoms with Gasteiger partial charge in [-0.1, -0.05) is 0 Å². The highest BCUT2D eigenvalue weighted by Gasteiger charge is 2.16. The summed E-state index contributed by atoms with van der Waals surface area (Å²) in [5.74, 6) is 1.21. The molecule has 6 heteroatoms. The van der Waals surface area contributed by atoms with Crippen molar-refractivity contribution in [1.29, 1.82) is 0 Å². The van der Waals surface area contributed by atoms with Crippen molar-refractivity contribution in [1.82, 2.24) is 15.2 Å². The van der Waals surface area contributed by atoms with Crippen LogP contribution < -0.4 is 10.6 Å².